The molecule has 9 heteroatoms. The fourth-order valence-corrected chi connectivity index (χ4v) is 2.76. The highest BCUT2D eigenvalue weighted by Crippen LogP contribution is 2.22. The Balaban J connectivity index is 3.15. The molecule has 116 valence electrons. The average molecular weight is 316 g/mol. The van der Waals surface area contributed by atoms with Crippen LogP contribution in [0.4, 0.5) is 0 Å². The Labute approximate surface area is 122 Å². The van der Waals surface area contributed by atoms with Crippen molar-refractivity contribution in [3.8, 4) is 5.75 Å². The van der Waals surface area contributed by atoms with Crippen LogP contribution in [-0.4, -0.2) is 45.6 Å². The summed E-state index contributed by atoms with van der Waals surface area (Å²) in [6.07, 6.45) is 0. The zero-order chi connectivity index (χ0) is 16.2. The van der Waals surface area contributed by atoms with Gasteiger partial charge in [0.25, 0.3) is 0 Å². The zero-order valence-corrected chi connectivity index (χ0v) is 12.5. The van der Waals surface area contributed by atoms with E-state index in [1.165, 1.54) is 14.0 Å². The Hall–Kier alpha value is -2.13. The molecule has 0 saturated heterocycles. The summed E-state index contributed by atoms with van der Waals surface area (Å²) in [6.45, 7) is 1.37. The summed E-state index contributed by atoms with van der Waals surface area (Å²) < 4.78 is 30.8. The quantitative estimate of drug-likeness (QED) is 0.635. The van der Waals surface area contributed by atoms with Gasteiger partial charge in [-0.15, -0.1) is 0 Å². The number of carbonyl (C=O) groups excluding carboxylic acids is 2. The monoisotopic (exact) mass is 316 g/mol. The van der Waals surface area contributed by atoms with Gasteiger partial charge in [-0.1, -0.05) is 0 Å². The molecule has 0 spiro atoms. The molecule has 0 radical (unpaired) electrons. The summed E-state index contributed by atoms with van der Waals surface area (Å²) in [7, 11) is -1.54. The highest BCUT2D eigenvalue weighted by atomic mass is 32.2. The molecule has 1 unspecified atom stereocenters. The summed E-state index contributed by atoms with van der Waals surface area (Å²) in [5.41, 5.74) is -0.284. The zero-order valence-electron chi connectivity index (χ0n) is 11.7. The van der Waals surface area contributed by atoms with Crippen LogP contribution in [-0.2, 0) is 19.6 Å². The first-order valence-electron chi connectivity index (χ1n) is 5.88. The van der Waals surface area contributed by atoms with Crippen molar-refractivity contribution in [1.29, 1.82) is 0 Å². The van der Waals surface area contributed by atoms with Gasteiger partial charge >= 0.3 is 5.97 Å². The summed E-state index contributed by atoms with van der Waals surface area (Å²) >= 11 is 0. The Morgan fingerprint density at radius 1 is 1.33 bits per heavy atom. The Bertz CT molecular complexity index is 656. The lowest BCUT2D eigenvalue weighted by atomic mass is 10.2. The molecule has 1 amide bonds. The van der Waals surface area contributed by atoms with Crippen LogP contribution < -0.4 is 10.0 Å². The second kappa shape index (κ2) is 6.55. The fraction of sp³-hybridized carbons (Fsp3) is 0.333. The number of methoxy groups -OCH3 is 1. The molecule has 8 nitrogen and oxygen atoms in total. The smallest absolute Gasteiger partial charge is 0.341 e. The van der Waals surface area contributed by atoms with E-state index in [0.29, 0.717) is 0 Å². The minimum Gasteiger partial charge on any atom is -0.507 e. The molecule has 0 aliphatic carbocycles. The number of phenols is 1. The highest BCUT2D eigenvalue weighted by molar-refractivity contribution is 7.89. The van der Waals surface area contributed by atoms with Crippen molar-refractivity contribution >= 4 is 21.9 Å². The molecular weight excluding hydrogens is 300 g/mol. The molecule has 3 N–H and O–H groups in total. The van der Waals surface area contributed by atoms with Crippen molar-refractivity contribution in [3.63, 3.8) is 0 Å². The van der Waals surface area contributed by atoms with Crippen molar-refractivity contribution in [1.82, 2.24) is 10.0 Å². The van der Waals surface area contributed by atoms with E-state index in [1.54, 1.807) is 0 Å². The molecule has 0 heterocycles. The molecule has 1 aromatic carbocycles. The SMILES string of the molecule is CNC(=O)C(C)NS(=O)(=O)c1ccc(O)c(C(=O)OC)c1. The number of aromatic hydroxyl groups is 1. The van der Waals surface area contributed by atoms with Crippen LogP contribution in [0.15, 0.2) is 23.1 Å². The van der Waals surface area contributed by atoms with Crippen molar-refractivity contribution in [2.45, 2.75) is 17.9 Å². The van der Waals surface area contributed by atoms with E-state index in [1.807, 2.05) is 0 Å². The van der Waals surface area contributed by atoms with Gasteiger partial charge in [-0.3, -0.25) is 4.79 Å². The molecular formula is C12H16N2O6S. The number of nitrogens with one attached hydrogen (secondary N) is 2. The van der Waals surface area contributed by atoms with Gasteiger partial charge < -0.3 is 15.2 Å². The van der Waals surface area contributed by atoms with E-state index >= 15 is 0 Å². The van der Waals surface area contributed by atoms with E-state index in [-0.39, 0.29) is 10.5 Å². The molecule has 1 atom stereocenters. The van der Waals surface area contributed by atoms with Crippen molar-refractivity contribution in [2.75, 3.05) is 14.2 Å². The number of carbonyl (C=O) groups is 2. The standard InChI is InChI=1S/C12H16N2O6S/c1-7(11(16)13-2)14-21(18,19)8-4-5-10(15)9(6-8)12(17)20-3/h4-7,14-15H,1-3H3,(H,13,16). The van der Waals surface area contributed by atoms with Crippen molar-refractivity contribution in [3.05, 3.63) is 23.8 Å². The Morgan fingerprint density at radius 3 is 2.48 bits per heavy atom. The number of esters is 1. The fourth-order valence-electron chi connectivity index (χ4n) is 1.53. The van der Waals surface area contributed by atoms with Crippen LogP contribution in [0.3, 0.4) is 0 Å². The minimum atomic E-state index is -4.03. The summed E-state index contributed by atoms with van der Waals surface area (Å²) in [6, 6.07) is 2.15. The van der Waals surface area contributed by atoms with Crippen molar-refractivity contribution < 1.29 is 27.9 Å². The third-order valence-electron chi connectivity index (χ3n) is 2.66. The number of rotatable bonds is 5. The van der Waals surface area contributed by atoms with E-state index in [2.05, 4.69) is 14.8 Å². The first-order chi connectivity index (χ1) is 9.72. The summed E-state index contributed by atoms with van der Waals surface area (Å²) in [5.74, 6) is -1.78. The van der Waals surface area contributed by atoms with E-state index in [4.69, 9.17) is 0 Å². The highest BCUT2D eigenvalue weighted by Gasteiger charge is 2.23. The second-order valence-corrected chi connectivity index (χ2v) is 5.84. The van der Waals surface area contributed by atoms with Gasteiger partial charge in [0.2, 0.25) is 15.9 Å². The molecule has 1 aromatic rings. The lowest BCUT2D eigenvalue weighted by Gasteiger charge is -2.13. The number of hydrogen-bond acceptors (Lipinski definition) is 6. The number of ether oxygens (including phenoxy) is 1. The van der Waals surface area contributed by atoms with Crippen LogP contribution >= 0.6 is 0 Å². The van der Waals surface area contributed by atoms with Crippen LogP contribution in [0.5, 0.6) is 5.75 Å². The largest absolute Gasteiger partial charge is 0.507 e. The van der Waals surface area contributed by atoms with Gasteiger partial charge in [0.1, 0.15) is 11.3 Å². The Morgan fingerprint density at radius 2 is 1.95 bits per heavy atom. The lowest BCUT2D eigenvalue weighted by molar-refractivity contribution is -0.121. The first kappa shape index (κ1) is 16.9. The molecule has 0 bridgehead atoms. The number of amides is 1. The number of sulfonamides is 1. The lowest BCUT2D eigenvalue weighted by Crippen LogP contribution is -2.43. The topological polar surface area (TPSA) is 122 Å². The molecule has 0 aromatic heterocycles. The van der Waals surface area contributed by atoms with Crippen molar-refractivity contribution in [2.24, 2.45) is 0 Å². The third-order valence-corrected chi connectivity index (χ3v) is 4.19. The maximum Gasteiger partial charge on any atom is 0.341 e. The molecule has 0 fully saturated rings. The molecule has 21 heavy (non-hydrogen) atoms. The third kappa shape index (κ3) is 3.92. The maximum absolute atomic E-state index is 12.1. The molecule has 1 rings (SSSR count). The van der Waals surface area contributed by atoms with Gasteiger partial charge in [0, 0.05) is 7.05 Å². The van der Waals surface area contributed by atoms with E-state index in [0.717, 1.165) is 25.3 Å². The number of likely N-dealkylation sites (N-methyl/N-ethyl adjacent to an activating group) is 1. The van der Waals surface area contributed by atoms with Crippen LogP contribution in [0.1, 0.15) is 17.3 Å². The number of phenolic OH excluding ortho intramolecular Hbond substituents is 1. The summed E-state index contributed by atoms with van der Waals surface area (Å²) in [5, 5.41) is 11.8. The van der Waals surface area contributed by atoms with Gasteiger partial charge in [0.05, 0.1) is 18.0 Å². The minimum absolute atomic E-state index is 0.267. The average Bonchev–Trinajstić information content (AvgIpc) is 2.45. The molecule has 0 aliphatic heterocycles. The first-order valence-corrected chi connectivity index (χ1v) is 7.36. The molecule has 0 saturated carbocycles. The number of benzene rings is 1. The molecule has 0 aliphatic rings. The van der Waals surface area contributed by atoms with Crippen LogP contribution in [0, 0.1) is 0 Å². The predicted octanol–water partition coefficient (Wildman–Crippen LogP) is -0.408. The van der Waals surface area contributed by atoms with Crippen LogP contribution in [0.25, 0.3) is 0 Å². The maximum atomic E-state index is 12.1. The second-order valence-electron chi connectivity index (χ2n) is 4.13. The van der Waals surface area contributed by atoms with E-state index < -0.39 is 33.7 Å². The van der Waals surface area contributed by atoms with Gasteiger partial charge in [-0.25, -0.2) is 13.2 Å². The van der Waals surface area contributed by atoms with Crippen LogP contribution in [0.2, 0.25) is 0 Å². The predicted molar refractivity (Wildman–Crippen MR) is 73.3 cm³/mol. The Kier molecular flexibility index (Phi) is 5.28. The van der Waals surface area contributed by atoms with Gasteiger partial charge in [0.15, 0.2) is 0 Å². The summed E-state index contributed by atoms with van der Waals surface area (Å²) in [4.78, 5) is 22.5. The van der Waals surface area contributed by atoms with Gasteiger partial charge in [-0.05, 0) is 25.1 Å². The normalized spacial score (nSPS) is 12.5. The van der Waals surface area contributed by atoms with Gasteiger partial charge in [-0.2, -0.15) is 4.72 Å². The number of hydrogen-bond donors (Lipinski definition) is 3. The van der Waals surface area contributed by atoms with E-state index in [9.17, 15) is 23.1 Å².